The van der Waals surface area contributed by atoms with Crippen LogP contribution in [0.1, 0.15) is 16.7 Å². The normalized spacial score (nSPS) is 16.3. The van der Waals surface area contributed by atoms with Gasteiger partial charge in [-0.3, -0.25) is 9.91 Å². The van der Waals surface area contributed by atoms with Crippen LogP contribution < -0.4 is 0 Å². The number of piperazine rings is 1. The lowest BCUT2D eigenvalue weighted by Crippen LogP contribution is -2.43. The summed E-state index contributed by atoms with van der Waals surface area (Å²) in [6.45, 7) is 7.29. The molecule has 2 aromatic carbocycles. The molecule has 3 nitrogen and oxygen atoms in total. The van der Waals surface area contributed by atoms with E-state index in [9.17, 15) is 0 Å². The number of hydrogen-bond donors (Lipinski definition) is 0. The summed E-state index contributed by atoms with van der Waals surface area (Å²) in [4.78, 5) is 2.50. The predicted octanol–water partition coefficient (Wildman–Crippen LogP) is 3.15. The molecule has 0 amide bonds. The smallest absolute Gasteiger partial charge is 0.0545 e. The third-order valence-corrected chi connectivity index (χ3v) is 4.15. The van der Waals surface area contributed by atoms with Crippen LogP contribution >= 0.6 is 0 Å². The van der Waals surface area contributed by atoms with Crippen molar-refractivity contribution in [1.29, 1.82) is 0 Å². The fourth-order valence-corrected chi connectivity index (χ4v) is 2.73. The maximum Gasteiger partial charge on any atom is 0.0545 e. The van der Waals surface area contributed by atoms with Crippen molar-refractivity contribution in [2.75, 3.05) is 26.2 Å². The molecular weight excluding hydrogens is 270 g/mol. The maximum atomic E-state index is 4.64. The first-order valence-electron chi connectivity index (χ1n) is 7.92. The molecule has 1 heterocycles. The van der Waals surface area contributed by atoms with Crippen molar-refractivity contribution in [2.24, 2.45) is 5.10 Å². The van der Waals surface area contributed by atoms with Crippen LogP contribution in [0.2, 0.25) is 0 Å². The molecule has 0 atom stereocenters. The molecule has 3 heteroatoms. The molecule has 0 unspecified atom stereocenters. The Morgan fingerprint density at radius 2 is 1.59 bits per heavy atom. The van der Waals surface area contributed by atoms with Gasteiger partial charge in [-0.1, -0.05) is 54.6 Å². The number of nitrogens with zero attached hydrogens (tertiary/aromatic N) is 3. The van der Waals surface area contributed by atoms with Crippen molar-refractivity contribution < 1.29 is 0 Å². The minimum Gasteiger partial charge on any atom is -0.295 e. The lowest BCUT2D eigenvalue weighted by molar-refractivity contribution is 0.131. The Labute approximate surface area is 132 Å². The Hall–Kier alpha value is -2.13. The summed E-state index contributed by atoms with van der Waals surface area (Å²) in [5.74, 6) is 0. The average Bonchev–Trinajstić information content (AvgIpc) is 2.56. The highest BCUT2D eigenvalue weighted by molar-refractivity contribution is 5.81. The fourth-order valence-electron chi connectivity index (χ4n) is 2.73. The minimum atomic E-state index is 0.995. The highest BCUT2D eigenvalue weighted by Crippen LogP contribution is 2.09. The molecule has 114 valence electrons. The van der Waals surface area contributed by atoms with Gasteiger partial charge in [-0.05, 0) is 23.6 Å². The highest BCUT2D eigenvalue weighted by Gasteiger charge is 2.15. The van der Waals surface area contributed by atoms with Gasteiger partial charge >= 0.3 is 0 Å². The van der Waals surface area contributed by atoms with E-state index in [1.54, 1.807) is 0 Å². The van der Waals surface area contributed by atoms with Crippen LogP contribution in [0.5, 0.6) is 0 Å². The Morgan fingerprint density at radius 3 is 2.32 bits per heavy atom. The molecule has 0 aromatic heterocycles. The zero-order chi connectivity index (χ0) is 15.2. The van der Waals surface area contributed by atoms with Gasteiger partial charge in [0.25, 0.3) is 0 Å². The van der Waals surface area contributed by atoms with Crippen molar-refractivity contribution in [2.45, 2.75) is 13.5 Å². The van der Waals surface area contributed by atoms with E-state index in [1.165, 1.54) is 16.7 Å². The third kappa shape index (κ3) is 3.95. The van der Waals surface area contributed by atoms with Gasteiger partial charge in [-0.25, -0.2) is 0 Å². The minimum absolute atomic E-state index is 0.995. The van der Waals surface area contributed by atoms with Gasteiger partial charge in [-0.2, -0.15) is 5.10 Å². The summed E-state index contributed by atoms with van der Waals surface area (Å²) in [5, 5.41) is 6.81. The zero-order valence-electron chi connectivity index (χ0n) is 13.2. The average molecular weight is 293 g/mol. The molecule has 0 radical (unpaired) electrons. The Morgan fingerprint density at radius 1 is 0.909 bits per heavy atom. The maximum absolute atomic E-state index is 4.64. The fraction of sp³-hybridized carbons (Fsp3) is 0.316. The summed E-state index contributed by atoms with van der Waals surface area (Å²) in [6.07, 6.45) is 1.99. The Kier molecular flexibility index (Phi) is 4.86. The van der Waals surface area contributed by atoms with Gasteiger partial charge in [0.15, 0.2) is 0 Å². The largest absolute Gasteiger partial charge is 0.295 e. The van der Waals surface area contributed by atoms with Crippen LogP contribution in [-0.2, 0) is 6.54 Å². The van der Waals surface area contributed by atoms with Gasteiger partial charge in [0.2, 0.25) is 0 Å². The summed E-state index contributed by atoms with van der Waals surface area (Å²) < 4.78 is 0. The number of aryl methyl sites for hydroxylation is 1. The molecule has 3 rings (SSSR count). The van der Waals surface area contributed by atoms with Crippen molar-refractivity contribution in [3.8, 4) is 0 Å². The molecule has 1 aliphatic rings. The van der Waals surface area contributed by atoms with Crippen molar-refractivity contribution in [3.05, 3.63) is 71.3 Å². The second-order valence-corrected chi connectivity index (χ2v) is 5.82. The summed E-state index contributed by atoms with van der Waals surface area (Å²) in [6, 6.07) is 19.0. The van der Waals surface area contributed by atoms with E-state index in [0.29, 0.717) is 0 Å². The van der Waals surface area contributed by atoms with Gasteiger partial charge in [0, 0.05) is 32.7 Å². The van der Waals surface area contributed by atoms with Crippen LogP contribution in [0.3, 0.4) is 0 Å². The summed E-state index contributed by atoms with van der Waals surface area (Å²) in [5.41, 5.74) is 3.86. The SMILES string of the molecule is Cc1ccccc1/C=N\N1CCN(Cc2ccccc2)CC1. The van der Waals surface area contributed by atoms with Gasteiger partial charge in [-0.15, -0.1) is 0 Å². The third-order valence-electron chi connectivity index (χ3n) is 4.15. The molecule has 22 heavy (non-hydrogen) atoms. The molecule has 2 aromatic rings. The second-order valence-electron chi connectivity index (χ2n) is 5.82. The van der Waals surface area contributed by atoms with Gasteiger partial charge < -0.3 is 0 Å². The predicted molar refractivity (Wildman–Crippen MR) is 92.1 cm³/mol. The standard InChI is InChI=1S/C19H23N3/c1-17-7-5-6-10-19(17)15-20-22-13-11-21(12-14-22)16-18-8-3-2-4-9-18/h2-10,15H,11-14,16H2,1H3/b20-15-. The van der Waals surface area contributed by atoms with E-state index < -0.39 is 0 Å². The van der Waals surface area contributed by atoms with E-state index in [2.05, 4.69) is 76.5 Å². The molecule has 1 saturated heterocycles. The molecule has 0 N–H and O–H groups in total. The molecule has 1 aliphatic heterocycles. The van der Waals surface area contributed by atoms with Crippen LogP contribution in [0.25, 0.3) is 0 Å². The Balaban J connectivity index is 1.51. The van der Waals surface area contributed by atoms with Crippen molar-refractivity contribution >= 4 is 6.21 Å². The van der Waals surface area contributed by atoms with E-state index in [1.807, 2.05) is 6.21 Å². The number of rotatable bonds is 4. The number of benzene rings is 2. The highest BCUT2D eigenvalue weighted by atomic mass is 15.5. The molecular formula is C19H23N3. The van der Waals surface area contributed by atoms with Crippen LogP contribution in [0.4, 0.5) is 0 Å². The Bertz CT molecular complexity index is 614. The molecule has 0 aliphatic carbocycles. The van der Waals surface area contributed by atoms with Crippen LogP contribution in [0, 0.1) is 6.92 Å². The quantitative estimate of drug-likeness (QED) is 0.807. The van der Waals surface area contributed by atoms with E-state index >= 15 is 0 Å². The van der Waals surface area contributed by atoms with Crippen LogP contribution in [-0.4, -0.2) is 42.3 Å². The molecule has 1 fully saturated rings. The first kappa shape index (κ1) is 14.8. The van der Waals surface area contributed by atoms with Gasteiger partial charge in [0.1, 0.15) is 0 Å². The van der Waals surface area contributed by atoms with E-state index in [-0.39, 0.29) is 0 Å². The van der Waals surface area contributed by atoms with Crippen molar-refractivity contribution in [3.63, 3.8) is 0 Å². The molecule has 0 saturated carbocycles. The molecule has 0 bridgehead atoms. The summed E-state index contributed by atoms with van der Waals surface area (Å²) in [7, 11) is 0. The zero-order valence-corrected chi connectivity index (χ0v) is 13.2. The van der Waals surface area contributed by atoms with E-state index in [4.69, 9.17) is 0 Å². The topological polar surface area (TPSA) is 18.8 Å². The summed E-state index contributed by atoms with van der Waals surface area (Å²) >= 11 is 0. The monoisotopic (exact) mass is 293 g/mol. The van der Waals surface area contributed by atoms with E-state index in [0.717, 1.165) is 32.7 Å². The number of hydrogen-bond acceptors (Lipinski definition) is 3. The van der Waals surface area contributed by atoms with Crippen molar-refractivity contribution in [1.82, 2.24) is 9.91 Å². The number of hydrazone groups is 1. The second kappa shape index (κ2) is 7.23. The first-order chi connectivity index (χ1) is 10.8. The lowest BCUT2D eigenvalue weighted by atomic mass is 10.1. The van der Waals surface area contributed by atoms with Gasteiger partial charge in [0.05, 0.1) is 6.21 Å². The van der Waals surface area contributed by atoms with Crippen LogP contribution in [0.15, 0.2) is 59.7 Å². The molecule has 0 spiro atoms. The lowest BCUT2D eigenvalue weighted by Gasteiger charge is -2.33. The first-order valence-corrected chi connectivity index (χ1v) is 7.92.